The molecule has 0 aromatic heterocycles. The molecule has 1 amide bonds. The van der Waals surface area contributed by atoms with E-state index in [0.717, 1.165) is 52.1 Å². The van der Waals surface area contributed by atoms with Gasteiger partial charge in [0.05, 0.1) is 6.10 Å². The minimum atomic E-state index is -0.200. The van der Waals surface area contributed by atoms with Gasteiger partial charge in [0.1, 0.15) is 0 Å². The lowest BCUT2D eigenvalue weighted by molar-refractivity contribution is -0.130. The fourth-order valence-electron chi connectivity index (χ4n) is 4.25. The standard InChI is InChI=1S/C16H29N3O2/c1-13(20)17-9-5-14(6-10-17)19-11-15(16(21)12-19)18-7-3-2-4-8-18/h14-16,21H,2-12H2,1H3/t15-,16-/m0/s1. The minimum Gasteiger partial charge on any atom is -0.390 e. The van der Waals surface area contributed by atoms with Gasteiger partial charge < -0.3 is 10.0 Å². The second-order valence-electron chi connectivity index (χ2n) is 6.92. The number of rotatable bonds is 2. The van der Waals surface area contributed by atoms with Crippen LogP contribution in [0.2, 0.25) is 0 Å². The summed E-state index contributed by atoms with van der Waals surface area (Å²) in [6.07, 6.45) is 5.80. The molecule has 0 aromatic carbocycles. The molecule has 5 heteroatoms. The molecule has 3 heterocycles. The molecular formula is C16H29N3O2. The Hall–Kier alpha value is -0.650. The average Bonchev–Trinajstić information content (AvgIpc) is 2.90. The Bertz CT molecular complexity index is 363. The minimum absolute atomic E-state index is 0.195. The molecule has 0 bridgehead atoms. The quantitative estimate of drug-likeness (QED) is 0.807. The number of aliphatic hydroxyl groups is 1. The zero-order chi connectivity index (χ0) is 14.8. The first-order valence-corrected chi connectivity index (χ1v) is 8.57. The van der Waals surface area contributed by atoms with Gasteiger partial charge in [0.2, 0.25) is 5.91 Å². The largest absolute Gasteiger partial charge is 0.390 e. The van der Waals surface area contributed by atoms with Crippen molar-refractivity contribution in [1.82, 2.24) is 14.7 Å². The van der Waals surface area contributed by atoms with E-state index in [1.165, 1.54) is 19.3 Å². The van der Waals surface area contributed by atoms with Gasteiger partial charge in [-0.3, -0.25) is 14.6 Å². The maximum atomic E-state index is 11.4. The highest BCUT2D eigenvalue weighted by Crippen LogP contribution is 2.26. The van der Waals surface area contributed by atoms with Gasteiger partial charge in [-0.1, -0.05) is 6.42 Å². The van der Waals surface area contributed by atoms with Gasteiger partial charge in [0.25, 0.3) is 0 Å². The van der Waals surface area contributed by atoms with Crippen LogP contribution in [-0.4, -0.2) is 83.2 Å². The highest BCUT2D eigenvalue weighted by atomic mass is 16.3. The summed E-state index contributed by atoms with van der Waals surface area (Å²) in [6.45, 7) is 7.53. The summed E-state index contributed by atoms with van der Waals surface area (Å²) in [5.41, 5.74) is 0. The highest BCUT2D eigenvalue weighted by Gasteiger charge is 2.39. The van der Waals surface area contributed by atoms with Crippen LogP contribution in [-0.2, 0) is 4.79 Å². The van der Waals surface area contributed by atoms with Gasteiger partial charge in [-0.05, 0) is 38.8 Å². The van der Waals surface area contributed by atoms with Crippen molar-refractivity contribution in [2.45, 2.75) is 57.2 Å². The summed E-state index contributed by atoms with van der Waals surface area (Å²) < 4.78 is 0. The monoisotopic (exact) mass is 295 g/mol. The van der Waals surface area contributed by atoms with Crippen LogP contribution in [0.5, 0.6) is 0 Å². The molecule has 0 radical (unpaired) electrons. The van der Waals surface area contributed by atoms with Crippen LogP contribution >= 0.6 is 0 Å². The number of β-amino-alcohol motifs (C(OH)–C–C–N with tert-alkyl or cyclic N) is 1. The molecule has 3 rings (SSSR count). The predicted octanol–water partition coefficient (Wildman–Crippen LogP) is 0.528. The Kier molecular flexibility index (Phi) is 4.82. The molecule has 0 aliphatic carbocycles. The molecule has 21 heavy (non-hydrogen) atoms. The first-order valence-electron chi connectivity index (χ1n) is 8.57. The number of piperidine rings is 2. The number of carbonyl (C=O) groups excluding carboxylic acids is 1. The van der Waals surface area contributed by atoms with Crippen LogP contribution in [0.1, 0.15) is 39.0 Å². The average molecular weight is 295 g/mol. The Labute approximate surface area is 127 Å². The van der Waals surface area contributed by atoms with E-state index < -0.39 is 0 Å². The Morgan fingerprint density at radius 1 is 0.952 bits per heavy atom. The van der Waals surface area contributed by atoms with E-state index in [1.54, 1.807) is 6.92 Å². The van der Waals surface area contributed by atoms with Crippen molar-refractivity contribution in [1.29, 1.82) is 0 Å². The van der Waals surface area contributed by atoms with Crippen LogP contribution in [0.25, 0.3) is 0 Å². The van der Waals surface area contributed by atoms with Crippen LogP contribution in [0.15, 0.2) is 0 Å². The number of carbonyl (C=O) groups is 1. The van der Waals surface area contributed by atoms with Gasteiger partial charge >= 0.3 is 0 Å². The van der Waals surface area contributed by atoms with E-state index in [9.17, 15) is 9.90 Å². The Morgan fingerprint density at radius 3 is 2.24 bits per heavy atom. The van der Waals surface area contributed by atoms with E-state index in [1.807, 2.05) is 4.90 Å². The molecule has 3 aliphatic rings. The van der Waals surface area contributed by atoms with Crippen molar-refractivity contribution < 1.29 is 9.90 Å². The van der Waals surface area contributed by atoms with Gasteiger partial charge in [0, 0.05) is 45.2 Å². The summed E-state index contributed by atoms with van der Waals surface area (Å²) in [5, 5.41) is 10.4. The molecule has 0 saturated carbocycles. The number of hydrogen-bond donors (Lipinski definition) is 1. The van der Waals surface area contributed by atoms with Gasteiger partial charge in [0.15, 0.2) is 0 Å². The summed E-state index contributed by atoms with van der Waals surface area (Å²) in [6, 6.07) is 0.876. The lowest BCUT2D eigenvalue weighted by Crippen LogP contribution is -2.47. The van der Waals surface area contributed by atoms with E-state index >= 15 is 0 Å². The van der Waals surface area contributed by atoms with Gasteiger partial charge in [-0.25, -0.2) is 0 Å². The first kappa shape index (κ1) is 15.3. The zero-order valence-electron chi connectivity index (χ0n) is 13.2. The highest BCUT2D eigenvalue weighted by molar-refractivity contribution is 5.73. The fraction of sp³-hybridized carbons (Fsp3) is 0.938. The molecule has 0 unspecified atom stereocenters. The Morgan fingerprint density at radius 2 is 1.62 bits per heavy atom. The molecule has 3 fully saturated rings. The van der Waals surface area contributed by atoms with Gasteiger partial charge in [-0.15, -0.1) is 0 Å². The molecule has 2 atom stereocenters. The fourth-order valence-corrected chi connectivity index (χ4v) is 4.25. The van der Waals surface area contributed by atoms with Crippen LogP contribution in [0, 0.1) is 0 Å². The zero-order valence-corrected chi connectivity index (χ0v) is 13.2. The van der Waals surface area contributed by atoms with Crippen molar-refractivity contribution in [2.24, 2.45) is 0 Å². The third-order valence-corrected chi connectivity index (χ3v) is 5.57. The molecule has 3 aliphatic heterocycles. The lowest BCUT2D eigenvalue weighted by atomic mass is 10.0. The van der Waals surface area contributed by atoms with Crippen LogP contribution in [0.3, 0.4) is 0 Å². The van der Waals surface area contributed by atoms with Gasteiger partial charge in [-0.2, -0.15) is 0 Å². The first-order chi connectivity index (χ1) is 10.1. The SMILES string of the molecule is CC(=O)N1CCC(N2C[C@H](O)[C@@H](N3CCCCC3)C2)CC1. The topological polar surface area (TPSA) is 47.0 Å². The molecule has 5 nitrogen and oxygen atoms in total. The van der Waals surface area contributed by atoms with E-state index in [2.05, 4.69) is 9.80 Å². The summed E-state index contributed by atoms with van der Waals surface area (Å²) in [5.74, 6) is 0.195. The van der Waals surface area contributed by atoms with Crippen molar-refractivity contribution >= 4 is 5.91 Å². The second-order valence-corrected chi connectivity index (χ2v) is 6.92. The molecule has 3 saturated heterocycles. The third kappa shape index (κ3) is 3.41. The third-order valence-electron chi connectivity index (χ3n) is 5.57. The van der Waals surface area contributed by atoms with Crippen molar-refractivity contribution in [2.75, 3.05) is 39.3 Å². The molecule has 1 N–H and O–H groups in total. The Balaban J connectivity index is 1.52. The summed E-state index contributed by atoms with van der Waals surface area (Å²) in [7, 11) is 0. The number of amides is 1. The predicted molar refractivity (Wildman–Crippen MR) is 82.1 cm³/mol. The smallest absolute Gasteiger partial charge is 0.219 e. The number of likely N-dealkylation sites (tertiary alicyclic amines) is 3. The number of aliphatic hydroxyl groups excluding tert-OH is 1. The maximum Gasteiger partial charge on any atom is 0.219 e. The molecule has 120 valence electrons. The molecular weight excluding hydrogens is 266 g/mol. The van der Waals surface area contributed by atoms with Crippen molar-refractivity contribution in [3.8, 4) is 0 Å². The molecule has 0 aromatic rings. The van der Waals surface area contributed by atoms with Crippen LogP contribution < -0.4 is 0 Å². The molecule has 0 spiro atoms. The lowest BCUT2D eigenvalue weighted by Gasteiger charge is -2.37. The van der Waals surface area contributed by atoms with Crippen molar-refractivity contribution in [3.05, 3.63) is 0 Å². The van der Waals surface area contributed by atoms with Crippen molar-refractivity contribution in [3.63, 3.8) is 0 Å². The second kappa shape index (κ2) is 6.63. The van der Waals surface area contributed by atoms with Crippen LogP contribution in [0.4, 0.5) is 0 Å². The van der Waals surface area contributed by atoms with E-state index in [0.29, 0.717) is 12.1 Å². The normalized spacial score (nSPS) is 33.5. The maximum absolute atomic E-state index is 11.4. The number of nitrogens with zero attached hydrogens (tertiary/aromatic N) is 3. The summed E-state index contributed by atoms with van der Waals surface area (Å²) >= 11 is 0. The van der Waals surface area contributed by atoms with E-state index in [-0.39, 0.29) is 12.0 Å². The van der Waals surface area contributed by atoms with E-state index in [4.69, 9.17) is 0 Å². The summed E-state index contributed by atoms with van der Waals surface area (Å²) in [4.78, 5) is 18.3. The number of hydrogen-bond acceptors (Lipinski definition) is 4.